The van der Waals surface area contributed by atoms with Crippen molar-refractivity contribution in [3.63, 3.8) is 0 Å². The average molecular weight is 262 g/mol. The SMILES string of the molecule is FC(F)(F)c1ccn(-c2cccc(CCl)n2)n1. The fourth-order valence-corrected chi connectivity index (χ4v) is 1.42. The fourth-order valence-electron chi connectivity index (χ4n) is 1.27. The molecule has 7 heteroatoms. The Bertz CT molecular complexity index is 522. The van der Waals surface area contributed by atoms with Gasteiger partial charge >= 0.3 is 6.18 Å². The first-order valence-electron chi connectivity index (χ1n) is 4.66. The average Bonchev–Trinajstić information content (AvgIpc) is 2.78. The highest BCUT2D eigenvalue weighted by molar-refractivity contribution is 6.16. The van der Waals surface area contributed by atoms with E-state index in [-0.39, 0.29) is 5.88 Å². The molecule has 0 aromatic carbocycles. The number of rotatable bonds is 2. The predicted octanol–water partition coefficient (Wildman–Crippen LogP) is 3.02. The minimum Gasteiger partial charge on any atom is -0.232 e. The second-order valence-corrected chi connectivity index (χ2v) is 3.53. The molecule has 0 aliphatic rings. The first kappa shape index (κ1) is 11.9. The Hall–Kier alpha value is -1.56. The van der Waals surface area contributed by atoms with Crippen molar-refractivity contribution in [2.75, 3.05) is 0 Å². The highest BCUT2D eigenvalue weighted by atomic mass is 35.5. The summed E-state index contributed by atoms with van der Waals surface area (Å²) in [6.45, 7) is 0. The first-order chi connectivity index (χ1) is 8.00. The molecular weight excluding hydrogens is 255 g/mol. The number of alkyl halides is 4. The van der Waals surface area contributed by atoms with Crippen LogP contribution in [0.5, 0.6) is 0 Å². The highest BCUT2D eigenvalue weighted by Gasteiger charge is 2.33. The summed E-state index contributed by atoms with van der Waals surface area (Å²) in [7, 11) is 0. The Morgan fingerprint density at radius 3 is 2.59 bits per heavy atom. The Labute approximate surface area is 99.8 Å². The molecule has 0 N–H and O–H groups in total. The lowest BCUT2D eigenvalue weighted by atomic mass is 10.4. The molecule has 0 bridgehead atoms. The lowest BCUT2D eigenvalue weighted by Crippen LogP contribution is -2.08. The molecule has 0 atom stereocenters. The number of halogens is 4. The van der Waals surface area contributed by atoms with Crippen LogP contribution in [0.15, 0.2) is 30.5 Å². The highest BCUT2D eigenvalue weighted by Crippen LogP contribution is 2.27. The van der Waals surface area contributed by atoms with Crippen molar-refractivity contribution in [3.05, 3.63) is 41.9 Å². The molecule has 0 radical (unpaired) electrons. The van der Waals surface area contributed by atoms with E-state index in [0.717, 1.165) is 10.7 Å². The number of hydrogen-bond acceptors (Lipinski definition) is 2. The van der Waals surface area contributed by atoms with Gasteiger partial charge in [0, 0.05) is 6.20 Å². The van der Waals surface area contributed by atoms with Crippen molar-refractivity contribution in [2.45, 2.75) is 12.1 Å². The van der Waals surface area contributed by atoms with Crippen LogP contribution in [0, 0.1) is 0 Å². The van der Waals surface area contributed by atoms with Crippen LogP contribution >= 0.6 is 11.6 Å². The summed E-state index contributed by atoms with van der Waals surface area (Å²) in [5, 5.41) is 3.41. The molecule has 0 unspecified atom stereocenters. The molecule has 3 nitrogen and oxygen atoms in total. The standard InChI is InChI=1S/C10H7ClF3N3/c11-6-7-2-1-3-9(15-7)17-5-4-8(16-17)10(12,13)14/h1-5H,6H2. The largest absolute Gasteiger partial charge is 0.435 e. The molecule has 0 spiro atoms. The second kappa shape index (κ2) is 4.37. The van der Waals surface area contributed by atoms with Crippen LogP contribution in [0.4, 0.5) is 13.2 Å². The van der Waals surface area contributed by atoms with Crippen molar-refractivity contribution < 1.29 is 13.2 Å². The van der Waals surface area contributed by atoms with E-state index in [1.165, 1.54) is 6.20 Å². The third kappa shape index (κ3) is 2.58. The summed E-state index contributed by atoms with van der Waals surface area (Å²) in [6, 6.07) is 5.80. The molecule has 0 aliphatic carbocycles. The Kier molecular flexibility index (Phi) is 3.06. The van der Waals surface area contributed by atoms with E-state index in [0.29, 0.717) is 11.5 Å². The molecule has 0 saturated heterocycles. The van der Waals surface area contributed by atoms with Gasteiger partial charge in [-0.3, -0.25) is 0 Å². The van der Waals surface area contributed by atoms with Crippen LogP contribution in [0.1, 0.15) is 11.4 Å². The minimum atomic E-state index is -4.45. The third-order valence-corrected chi connectivity index (χ3v) is 2.32. The molecular formula is C10H7ClF3N3. The fraction of sp³-hybridized carbons (Fsp3) is 0.200. The molecule has 0 aliphatic heterocycles. The molecule has 17 heavy (non-hydrogen) atoms. The lowest BCUT2D eigenvalue weighted by molar-refractivity contribution is -0.141. The first-order valence-corrected chi connectivity index (χ1v) is 5.19. The summed E-state index contributed by atoms with van der Waals surface area (Å²) >= 11 is 5.59. The van der Waals surface area contributed by atoms with Crippen LogP contribution in [0.25, 0.3) is 5.82 Å². The van der Waals surface area contributed by atoms with Crippen molar-refractivity contribution in [1.29, 1.82) is 0 Å². The molecule has 0 amide bonds. The number of nitrogens with zero attached hydrogens (tertiary/aromatic N) is 3. The van der Waals surface area contributed by atoms with E-state index in [1.54, 1.807) is 18.2 Å². The zero-order valence-electron chi connectivity index (χ0n) is 8.45. The van der Waals surface area contributed by atoms with E-state index in [9.17, 15) is 13.2 Å². The minimum absolute atomic E-state index is 0.196. The normalized spacial score (nSPS) is 11.8. The van der Waals surface area contributed by atoms with Gasteiger partial charge in [0.1, 0.15) is 0 Å². The van der Waals surface area contributed by atoms with E-state index in [2.05, 4.69) is 10.1 Å². The van der Waals surface area contributed by atoms with Crippen LogP contribution in [0.2, 0.25) is 0 Å². The van der Waals surface area contributed by atoms with Gasteiger partial charge < -0.3 is 0 Å². The van der Waals surface area contributed by atoms with E-state index in [4.69, 9.17) is 11.6 Å². The predicted molar refractivity (Wildman–Crippen MR) is 55.9 cm³/mol. The van der Waals surface area contributed by atoms with Crippen LogP contribution in [-0.2, 0) is 12.1 Å². The molecule has 0 fully saturated rings. The lowest BCUT2D eigenvalue weighted by Gasteiger charge is -2.03. The van der Waals surface area contributed by atoms with Gasteiger partial charge in [-0.15, -0.1) is 11.6 Å². The maximum absolute atomic E-state index is 12.3. The molecule has 2 aromatic heterocycles. The Morgan fingerprint density at radius 1 is 1.24 bits per heavy atom. The van der Waals surface area contributed by atoms with Gasteiger partial charge in [0.25, 0.3) is 0 Å². The van der Waals surface area contributed by atoms with E-state index < -0.39 is 11.9 Å². The van der Waals surface area contributed by atoms with Gasteiger partial charge in [0.2, 0.25) is 0 Å². The maximum atomic E-state index is 12.3. The summed E-state index contributed by atoms with van der Waals surface area (Å²) in [4.78, 5) is 4.06. The van der Waals surface area contributed by atoms with E-state index >= 15 is 0 Å². The second-order valence-electron chi connectivity index (χ2n) is 3.26. The maximum Gasteiger partial charge on any atom is 0.435 e. The van der Waals surface area contributed by atoms with Gasteiger partial charge in [0.15, 0.2) is 11.5 Å². The van der Waals surface area contributed by atoms with Gasteiger partial charge in [-0.2, -0.15) is 18.3 Å². The van der Waals surface area contributed by atoms with Gasteiger partial charge in [-0.05, 0) is 18.2 Å². The third-order valence-electron chi connectivity index (χ3n) is 2.04. The zero-order chi connectivity index (χ0) is 12.5. The quantitative estimate of drug-likeness (QED) is 0.778. The van der Waals surface area contributed by atoms with Crippen molar-refractivity contribution >= 4 is 11.6 Å². The van der Waals surface area contributed by atoms with E-state index in [1.807, 2.05) is 0 Å². The van der Waals surface area contributed by atoms with Crippen molar-refractivity contribution in [3.8, 4) is 5.82 Å². The Morgan fingerprint density at radius 2 is 2.00 bits per heavy atom. The summed E-state index contributed by atoms with van der Waals surface area (Å²) in [6.07, 6.45) is -3.24. The Balaban J connectivity index is 2.37. The summed E-state index contributed by atoms with van der Waals surface area (Å²) in [5.41, 5.74) is -0.371. The van der Waals surface area contributed by atoms with Crippen LogP contribution in [0.3, 0.4) is 0 Å². The van der Waals surface area contributed by atoms with Crippen molar-refractivity contribution in [2.24, 2.45) is 0 Å². The number of aromatic nitrogens is 3. The zero-order valence-corrected chi connectivity index (χ0v) is 9.20. The molecule has 0 saturated carbocycles. The summed E-state index contributed by atoms with van der Waals surface area (Å²) < 4.78 is 38.1. The van der Waals surface area contributed by atoms with Crippen molar-refractivity contribution in [1.82, 2.24) is 14.8 Å². The van der Waals surface area contributed by atoms with Gasteiger partial charge in [0.05, 0.1) is 11.6 Å². The van der Waals surface area contributed by atoms with Crippen LogP contribution in [-0.4, -0.2) is 14.8 Å². The molecule has 90 valence electrons. The molecule has 2 heterocycles. The van der Waals surface area contributed by atoms with Crippen LogP contribution < -0.4 is 0 Å². The van der Waals surface area contributed by atoms with Gasteiger partial charge in [-0.25, -0.2) is 9.67 Å². The monoisotopic (exact) mass is 261 g/mol. The number of pyridine rings is 1. The molecule has 2 aromatic rings. The number of hydrogen-bond donors (Lipinski definition) is 0. The topological polar surface area (TPSA) is 30.7 Å². The smallest absolute Gasteiger partial charge is 0.232 e. The summed E-state index contributed by atoms with van der Waals surface area (Å²) in [5.74, 6) is 0.500. The molecule has 2 rings (SSSR count). The van der Waals surface area contributed by atoms with Gasteiger partial charge in [-0.1, -0.05) is 6.07 Å².